The van der Waals surface area contributed by atoms with Gasteiger partial charge in [-0.15, -0.1) is 0 Å². The fourth-order valence-electron chi connectivity index (χ4n) is 1.88. The second-order valence-electron chi connectivity index (χ2n) is 5.98. The van der Waals surface area contributed by atoms with Crippen molar-refractivity contribution in [2.45, 2.75) is 46.0 Å². The fourth-order valence-corrected chi connectivity index (χ4v) is 1.88. The van der Waals surface area contributed by atoms with Crippen LogP contribution in [0.3, 0.4) is 0 Å². The summed E-state index contributed by atoms with van der Waals surface area (Å²) < 4.78 is 5.76. The summed E-state index contributed by atoms with van der Waals surface area (Å²) in [6.07, 6.45) is 2.27. The summed E-state index contributed by atoms with van der Waals surface area (Å²) in [7, 11) is 0. The number of rotatable bonds is 9. The predicted octanol–water partition coefficient (Wildman–Crippen LogP) is 4.31. The van der Waals surface area contributed by atoms with E-state index in [0.717, 1.165) is 37.3 Å². The number of hydrogen-bond acceptors (Lipinski definition) is 2. The van der Waals surface area contributed by atoms with Gasteiger partial charge in [0.05, 0.1) is 0 Å². The van der Waals surface area contributed by atoms with E-state index in [1.165, 1.54) is 5.56 Å². The first-order valence-electron chi connectivity index (χ1n) is 7.60. The minimum atomic E-state index is 0.228. The Morgan fingerprint density at radius 2 is 1.85 bits per heavy atom. The molecular weight excluding hydrogens is 246 g/mol. The summed E-state index contributed by atoms with van der Waals surface area (Å²) in [5, 5.41) is 3.33. The highest BCUT2D eigenvalue weighted by molar-refractivity contribution is 5.31. The van der Waals surface area contributed by atoms with Crippen LogP contribution in [-0.2, 0) is 5.41 Å². The maximum absolute atomic E-state index is 5.76. The van der Waals surface area contributed by atoms with Crippen molar-refractivity contribution in [1.82, 2.24) is 5.32 Å². The zero-order chi connectivity index (χ0) is 15.0. The molecule has 1 N–H and O–H groups in total. The third kappa shape index (κ3) is 5.38. The van der Waals surface area contributed by atoms with Crippen LogP contribution in [0.4, 0.5) is 0 Å². The lowest BCUT2D eigenvalue weighted by Crippen LogP contribution is -2.20. The van der Waals surface area contributed by atoms with Crippen molar-refractivity contribution < 1.29 is 4.74 Å². The SMILES string of the molecule is C=C(CNCCC)COc1ccc(C(C)(C)CC)cc1. The van der Waals surface area contributed by atoms with Gasteiger partial charge in [-0.1, -0.05) is 46.4 Å². The third-order valence-corrected chi connectivity index (χ3v) is 3.76. The summed E-state index contributed by atoms with van der Waals surface area (Å²) in [6, 6.07) is 8.44. The van der Waals surface area contributed by atoms with E-state index in [0.29, 0.717) is 6.61 Å². The maximum atomic E-state index is 5.76. The quantitative estimate of drug-likeness (QED) is 0.535. The van der Waals surface area contributed by atoms with Gasteiger partial charge in [0.15, 0.2) is 0 Å². The standard InChI is InChI=1S/C18H29NO/c1-6-12-19-13-15(3)14-20-17-10-8-16(9-11-17)18(4,5)7-2/h8-11,19H,3,6-7,12-14H2,1-2,4-5H3. The molecule has 0 atom stereocenters. The van der Waals surface area contributed by atoms with E-state index in [4.69, 9.17) is 4.74 Å². The topological polar surface area (TPSA) is 21.3 Å². The van der Waals surface area contributed by atoms with Crippen LogP contribution >= 0.6 is 0 Å². The highest BCUT2D eigenvalue weighted by Crippen LogP contribution is 2.28. The van der Waals surface area contributed by atoms with Crippen molar-refractivity contribution in [1.29, 1.82) is 0 Å². The Kier molecular flexibility index (Phi) is 6.80. The molecule has 0 spiro atoms. The first kappa shape index (κ1) is 16.8. The first-order valence-corrected chi connectivity index (χ1v) is 7.60. The smallest absolute Gasteiger partial charge is 0.119 e. The monoisotopic (exact) mass is 275 g/mol. The Labute approximate surface area is 124 Å². The van der Waals surface area contributed by atoms with Crippen molar-refractivity contribution in [3.05, 3.63) is 42.0 Å². The minimum absolute atomic E-state index is 0.228. The highest BCUT2D eigenvalue weighted by atomic mass is 16.5. The lowest BCUT2D eigenvalue weighted by Gasteiger charge is -2.23. The Bertz CT molecular complexity index is 406. The van der Waals surface area contributed by atoms with Crippen LogP contribution in [0.15, 0.2) is 36.4 Å². The summed E-state index contributed by atoms with van der Waals surface area (Å²) >= 11 is 0. The summed E-state index contributed by atoms with van der Waals surface area (Å²) in [5.41, 5.74) is 2.67. The molecule has 0 aliphatic rings. The van der Waals surface area contributed by atoms with Crippen molar-refractivity contribution >= 4 is 0 Å². The molecule has 0 aliphatic heterocycles. The average molecular weight is 275 g/mol. The number of nitrogens with one attached hydrogen (secondary N) is 1. The van der Waals surface area contributed by atoms with Crippen LogP contribution in [0.25, 0.3) is 0 Å². The molecule has 0 saturated heterocycles. The summed E-state index contributed by atoms with van der Waals surface area (Å²) in [4.78, 5) is 0. The van der Waals surface area contributed by atoms with E-state index in [1.54, 1.807) is 0 Å². The molecule has 0 heterocycles. The van der Waals surface area contributed by atoms with Gasteiger partial charge in [-0.05, 0) is 48.1 Å². The molecule has 0 aromatic heterocycles. The van der Waals surface area contributed by atoms with Crippen LogP contribution in [0.5, 0.6) is 5.75 Å². The van der Waals surface area contributed by atoms with Gasteiger partial charge in [-0.25, -0.2) is 0 Å². The Hall–Kier alpha value is -1.28. The van der Waals surface area contributed by atoms with Crippen molar-refractivity contribution in [3.8, 4) is 5.75 Å². The second kappa shape index (κ2) is 8.11. The molecule has 2 nitrogen and oxygen atoms in total. The lowest BCUT2D eigenvalue weighted by molar-refractivity contribution is 0.348. The zero-order valence-electron chi connectivity index (χ0n) is 13.5. The molecule has 1 rings (SSSR count). The molecular formula is C18H29NO. The van der Waals surface area contributed by atoms with Gasteiger partial charge < -0.3 is 10.1 Å². The molecule has 0 bridgehead atoms. The van der Waals surface area contributed by atoms with Crippen LogP contribution in [0.2, 0.25) is 0 Å². The van der Waals surface area contributed by atoms with E-state index >= 15 is 0 Å². The molecule has 112 valence electrons. The van der Waals surface area contributed by atoms with Gasteiger partial charge >= 0.3 is 0 Å². The van der Waals surface area contributed by atoms with Gasteiger partial charge in [-0.3, -0.25) is 0 Å². The molecule has 0 aliphatic carbocycles. The predicted molar refractivity (Wildman–Crippen MR) is 87.6 cm³/mol. The Balaban J connectivity index is 2.44. The van der Waals surface area contributed by atoms with Gasteiger partial charge in [0, 0.05) is 6.54 Å². The molecule has 0 radical (unpaired) electrons. The van der Waals surface area contributed by atoms with Gasteiger partial charge in [0.25, 0.3) is 0 Å². The fraction of sp³-hybridized carbons (Fsp3) is 0.556. The Morgan fingerprint density at radius 3 is 2.40 bits per heavy atom. The molecule has 2 heteroatoms. The van der Waals surface area contributed by atoms with Crippen LogP contribution < -0.4 is 10.1 Å². The van der Waals surface area contributed by atoms with E-state index in [2.05, 4.69) is 63.9 Å². The number of ether oxygens (including phenoxy) is 1. The third-order valence-electron chi connectivity index (χ3n) is 3.76. The van der Waals surface area contributed by atoms with Crippen LogP contribution in [-0.4, -0.2) is 19.7 Å². The van der Waals surface area contributed by atoms with E-state index in [9.17, 15) is 0 Å². The van der Waals surface area contributed by atoms with Gasteiger partial charge in [-0.2, -0.15) is 0 Å². The molecule has 20 heavy (non-hydrogen) atoms. The molecule has 1 aromatic rings. The largest absolute Gasteiger partial charge is 0.489 e. The minimum Gasteiger partial charge on any atom is -0.489 e. The molecule has 0 amide bonds. The summed E-state index contributed by atoms with van der Waals surface area (Å²) in [6.45, 7) is 15.4. The molecule has 0 unspecified atom stereocenters. The molecule has 1 aromatic carbocycles. The molecule has 0 saturated carbocycles. The lowest BCUT2D eigenvalue weighted by atomic mass is 9.82. The Morgan fingerprint density at radius 1 is 1.20 bits per heavy atom. The molecule has 0 fully saturated rings. The summed E-state index contributed by atoms with van der Waals surface area (Å²) in [5.74, 6) is 0.914. The number of benzene rings is 1. The average Bonchev–Trinajstić information content (AvgIpc) is 2.46. The van der Waals surface area contributed by atoms with E-state index in [1.807, 2.05) is 0 Å². The van der Waals surface area contributed by atoms with E-state index < -0.39 is 0 Å². The zero-order valence-corrected chi connectivity index (χ0v) is 13.5. The van der Waals surface area contributed by atoms with Crippen molar-refractivity contribution in [2.75, 3.05) is 19.7 Å². The highest BCUT2D eigenvalue weighted by Gasteiger charge is 2.17. The van der Waals surface area contributed by atoms with E-state index in [-0.39, 0.29) is 5.41 Å². The second-order valence-corrected chi connectivity index (χ2v) is 5.98. The van der Waals surface area contributed by atoms with Crippen LogP contribution in [0, 0.1) is 0 Å². The van der Waals surface area contributed by atoms with Gasteiger partial charge in [0.2, 0.25) is 0 Å². The number of hydrogen-bond donors (Lipinski definition) is 1. The van der Waals surface area contributed by atoms with Crippen LogP contribution in [0.1, 0.15) is 46.1 Å². The normalized spacial score (nSPS) is 11.4. The van der Waals surface area contributed by atoms with Crippen molar-refractivity contribution in [3.63, 3.8) is 0 Å². The van der Waals surface area contributed by atoms with Crippen molar-refractivity contribution in [2.24, 2.45) is 0 Å². The maximum Gasteiger partial charge on any atom is 0.119 e. The first-order chi connectivity index (χ1) is 9.49. The van der Waals surface area contributed by atoms with Gasteiger partial charge in [0.1, 0.15) is 12.4 Å².